The molecule has 0 radical (unpaired) electrons. The molecule has 20 heavy (non-hydrogen) atoms. The fraction of sp³-hybridized carbons (Fsp3) is 0.750. The zero-order valence-corrected chi connectivity index (χ0v) is 13.0. The van der Waals surface area contributed by atoms with Gasteiger partial charge in [0.1, 0.15) is 0 Å². The molecule has 1 heterocycles. The maximum atomic E-state index is 12.0. The lowest BCUT2D eigenvalue weighted by Gasteiger charge is -2.39. The lowest BCUT2D eigenvalue weighted by atomic mass is 9.69. The summed E-state index contributed by atoms with van der Waals surface area (Å²) in [7, 11) is 0. The molecule has 1 amide bonds. The van der Waals surface area contributed by atoms with Crippen LogP contribution in [0.5, 0.6) is 0 Å². The minimum Gasteiger partial charge on any atom is -0.351 e. The highest BCUT2D eigenvalue weighted by Gasteiger charge is 2.32. The van der Waals surface area contributed by atoms with Gasteiger partial charge in [-0.1, -0.05) is 32.3 Å². The van der Waals surface area contributed by atoms with Crippen LogP contribution in [0.1, 0.15) is 69.1 Å². The summed E-state index contributed by atoms with van der Waals surface area (Å²) in [5, 5.41) is 6.82. The molecule has 0 saturated heterocycles. The maximum absolute atomic E-state index is 12.0. The Balaban J connectivity index is 1.84. The fourth-order valence-corrected chi connectivity index (χ4v) is 3.04. The largest absolute Gasteiger partial charge is 0.351 e. The van der Waals surface area contributed by atoms with Crippen LogP contribution in [-0.2, 0) is 0 Å². The zero-order chi connectivity index (χ0) is 14.8. The molecule has 0 aliphatic heterocycles. The van der Waals surface area contributed by atoms with E-state index in [1.165, 1.54) is 19.3 Å². The first-order valence-corrected chi connectivity index (χ1v) is 7.66. The molecule has 0 unspecified atom stereocenters. The average molecular weight is 278 g/mol. The Bertz CT molecular complexity index is 457. The molecular weight excluding hydrogens is 252 g/mol. The third-order valence-corrected chi connectivity index (χ3v) is 4.93. The Hall–Kier alpha value is -1.32. The molecule has 1 N–H and O–H groups in total. The van der Waals surface area contributed by atoms with Gasteiger partial charge in [-0.25, -0.2) is 0 Å². The van der Waals surface area contributed by atoms with Crippen molar-refractivity contribution in [3.05, 3.63) is 17.5 Å². The van der Waals surface area contributed by atoms with Crippen molar-refractivity contribution in [1.82, 2.24) is 10.5 Å². The van der Waals surface area contributed by atoms with E-state index in [4.69, 9.17) is 4.52 Å². The van der Waals surface area contributed by atoms with Crippen molar-refractivity contribution >= 4 is 5.91 Å². The summed E-state index contributed by atoms with van der Waals surface area (Å²) in [5.41, 5.74) is 1.15. The van der Waals surface area contributed by atoms with E-state index in [0.717, 1.165) is 24.5 Å². The maximum Gasteiger partial charge on any atom is 0.290 e. The van der Waals surface area contributed by atoms with Crippen LogP contribution in [0.15, 0.2) is 10.6 Å². The molecule has 0 spiro atoms. The van der Waals surface area contributed by atoms with Gasteiger partial charge in [0.15, 0.2) is 0 Å². The van der Waals surface area contributed by atoms with Crippen LogP contribution in [0.2, 0.25) is 0 Å². The highest BCUT2D eigenvalue weighted by atomic mass is 16.5. The van der Waals surface area contributed by atoms with Crippen molar-refractivity contribution < 1.29 is 9.32 Å². The molecule has 2 rings (SSSR count). The number of hydrogen-bond acceptors (Lipinski definition) is 3. The van der Waals surface area contributed by atoms with Gasteiger partial charge in [0.05, 0.1) is 5.69 Å². The second kappa shape index (κ2) is 5.98. The number of carbonyl (C=O) groups excluding carboxylic acids is 1. The van der Waals surface area contributed by atoms with Crippen molar-refractivity contribution in [2.75, 3.05) is 0 Å². The van der Waals surface area contributed by atoms with Crippen LogP contribution in [0.4, 0.5) is 0 Å². The van der Waals surface area contributed by atoms with Gasteiger partial charge in [0, 0.05) is 12.1 Å². The second-order valence-electron chi connectivity index (χ2n) is 6.70. The van der Waals surface area contributed by atoms with Crippen molar-refractivity contribution in [3.8, 4) is 0 Å². The lowest BCUT2D eigenvalue weighted by molar-refractivity contribution is 0.0857. The van der Waals surface area contributed by atoms with Crippen LogP contribution in [0.3, 0.4) is 0 Å². The number of rotatable bonds is 4. The molecule has 0 aromatic carbocycles. The van der Waals surface area contributed by atoms with Gasteiger partial charge >= 0.3 is 0 Å². The normalized spacial score (nSPS) is 23.6. The topological polar surface area (TPSA) is 55.1 Å². The molecule has 1 aromatic rings. The second-order valence-corrected chi connectivity index (χ2v) is 6.70. The summed E-state index contributed by atoms with van der Waals surface area (Å²) < 4.78 is 5.00. The van der Waals surface area contributed by atoms with E-state index in [9.17, 15) is 4.79 Å². The Labute approximate surface area is 121 Å². The molecule has 1 aliphatic carbocycles. The van der Waals surface area contributed by atoms with Crippen LogP contribution in [0.25, 0.3) is 0 Å². The van der Waals surface area contributed by atoms with Crippen LogP contribution in [0, 0.1) is 18.3 Å². The molecule has 0 bridgehead atoms. The molecular formula is C16H26N2O2. The summed E-state index contributed by atoms with van der Waals surface area (Å²) in [6.07, 6.45) is 5.73. The summed E-state index contributed by atoms with van der Waals surface area (Å²) >= 11 is 0. The minimum absolute atomic E-state index is 0.135. The number of aromatic nitrogens is 1. The molecule has 112 valence electrons. The molecule has 1 aromatic heterocycles. The molecule has 1 fully saturated rings. The van der Waals surface area contributed by atoms with Crippen molar-refractivity contribution in [3.63, 3.8) is 0 Å². The van der Waals surface area contributed by atoms with E-state index in [1.807, 2.05) is 6.92 Å². The van der Waals surface area contributed by atoms with Crippen LogP contribution < -0.4 is 5.32 Å². The Morgan fingerprint density at radius 1 is 1.40 bits per heavy atom. The van der Waals surface area contributed by atoms with Gasteiger partial charge in [0.25, 0.3) is 5.91 Å². The smallest absolute Gasteiger partial charge is 0.290 e. The Kier molecular flexibility index (Phi) is 4.51. The number of amides is 1. The van der Waals surface area contributed by atoms with Crippen molar-refractivity contribution in [2.24, 2.45) is 11.3 Å². The molecule has 1 saturated carbocycles. The monoisotopic (exact) mass is 278 g/mol. The third-order valence-electron chi connectivity index (χ3n) is 4.93. The van der Waals surface area contributed by atoms with Crippen LogP contribution >= 0.6 is 0 Å². The molecule has 0 atom stereocenters. The summed E-state index contributed by atoms with van der Waals surface area (Å²) in [4.78, 5) is 12.0. The number of aryl methyl sites for hydroxylation is 1. The van der Waals surface area contributed by atoms with E-state index < -0.39 is 0 Å². The first-order valence-electron chi connectivity index (χ1n) is 7.66. The highest BCUT2D eigenvalue weighted by Crippen LogP contribution is 2.40. The van der Waals surface area contributed by atoms with Crippen LogP contribution in [-0.4, -0.2) is 17.1 Å². The highest BCUT2D eigenvalue weighted by molar-refractivity contribution is 5.91. The number of nitrogens with zero attached hydrogens (tertiary/aromatic N) is 1. The average Bonchev–Trinajstić information content (AvgIpc) is 2.86. The Morgan fingerprint density at radius 2 is 2.05 bits per heavy atom. The van der Waals surface area contributed by atoms with Gasteiger partial charge in [-0.3, -0.25) is 4.79 Å². The van der Waals surface area contributed by atoms with Crippen molar-refractivity contribution in [2.45, 2.75) is 65.8 Å². The van der Waals surface area contributed by atoms with Gasteiger partial charge < -0.3 is 9.84 Å². The zero-order valence-electron chi connectivity index (χ0n) is 13.0. The van der Waals surface area contributed by atoms with E-state index in [2.05, 4.69) is 31.2 Å². The fourth-order valence-electron chi connectivity index (χ4n) is 3.04. The predicted octanol–water partition coefficient (Wildman–Crippen LogP) is 3.71. The summed E-state index contributed by atoms with van der Waals surface area (Å²) in [6, 6.07) is 1.96. The predicted molar refractivity (Wildman–Crippen MR) is 78.5 cm³/mol. The first-order chi connectivity index (χ1) is 9.42. The lowest BCUT2D eigenvalue weighted by Crippen LogP contribution is -2.39. The number of hydrogen-bond donors (Lipinski definition) is 1. The van der Waals surface area contributed by atoms with Gasteiger partial charge in [-0.2, -0.15) is 0 Å². The molecule has 4 nitrogen and oxygen atoms in total. The molecule has 4 heteroatoms. The third kappa shape index (κ3) is 3.41. The van der Waals surface area contributed by atoms with E-state index in [0.29, 0.717) is 11.2 Å². The Morgan fingerprint density at radius 3 is 2.55 bits per heavy atom. The minimum atomic E-state index is -0.135. The summed E-state index contributed by atoms with van der Waals surface area (Å²) in [6.45, 7) is 8.79. The van der Waals surface area contributed by atoms with Gasteiger partial charge in [-0.15, -0.1) is 0 Å². The standard InChI is InChI=1S/C16H26N2O2/c1-5-16(3,4)12-6-8-13(9-7-12)17-15(19)14-10-11(2)18-20-14/h10,12-13H,5-9H2,1-4H3,(H,17,19). The molecule has 1 aliphatic rings. The summed E-state index contributed by atoms with van der Waals surface area (Å²) in [5.74, 6) is 0.954. The first kappa shape index (κ1) is 15.1. The SMILES string of the molecule is CCC(C)(C)C1CCC(NC(=O)c2cc(C)no2)CC1. The number of nitrogens with one attached hydrogen (secondary N) is 1. The van der Waals surface area contributed by atoms with E-state index in [1.54, 1.807) is 6.07 Å². The van der Waals surface area contributed by atoms with Gasteiger partial charge in [0.2, 0.25) is 5.76 Å². The number of carbonyl (C=O) groups is 1. The quantitative estimate of drug-likeness (QED) is 0.913. The van der Waals surface area contributed by atoms with Gasteiger partial charge in [-0.05, 0) is 43.9 Å². The van der Waals surface area contributed by atoms with E-state index >= 15 is 0 Å². The van der Waals surface area contributed by atoms with Crippen molar-refractivity contribution in [1.29, 1.82) is 0 Å². The van der Waals surface area contributed by atoms with E-state index in [-0.39, 0.29) is 11.9 Å².